The summed E-state index contributed by atoms with van der Waals surface area (Å²) in [5.41, 5.74) is -1.67. The lowest BCUT2D eigenvalue weighted by molar-refractivity contribution is 0.335. The van der Waals surface area contributed by atoms with Crippen molar-refractivity contribution in [3.05, 3.63) is 28.6 Å². The lowest BCUT2D eigenvalue weighted by atomic mass is 9.96. The summed E-state index contributed by atoms with van der Waals surface area (Å²) in [6, 6.07) is 0. The van der Waals surface area contributed by atoms with Gasteiger partial charge in [-0.05, 0) is 24.0 Å². The van der Waals surface area contributed by atoms with Gasteiger partial charge in [-0.1, -0.05) is 33.3 Å². The maximum Gasteiger partial charge on any atom is 0.316 e. The SMILES string of the molecule is Cc1c(F)c(S(F)(F)(F)(F)F)c(F)c(F)c1C(C)C. The van der Waals surface area contributed by atoms with Crippen molar-refractivity contribution in [1.29, 1.82) is 0 Å². The quantitative estimate of drug-likeness (QED) is 0.451. The van der Waals surface area contributed by atoms with Crippen molar-refractivity contribution >= 4 is 10.2 Å². The average molecular weight is 314 g/mol. The second-order valence-corrected chi connectivity index (χ2v) is 6.78. The van der Waals surface area contributed by atoms with E-state index in [1.807, 2.05) is 0 Å². The molecule has 0 aliphatic carbocycles. The van der Waals surface area contributed by atoms with Gasteiger partial charge in [0.15, 0.2) is 22.3 Å². The van der Waals surface area contributed by atoms with Crippen LogP contribution in [0.15, 0.2) is 4.90 Å². The van der Waals surface area contributed by atoms with E-state index in [0.29, 0.717) is 6.92 Å². The summed E-state index contributed by atoms with van der Waals surface area (Å²) in [4.78, 5) is -3.42. The van der Waals surface area contributed by atoms with Crippen molar-refractivity contribution in [1.82, 2.24) is 0 Å². The van der Waals surface area contributed by atoms with Gasteiger partial charge < -0.3 is 0 Å². The minimum atomic E-state index is -10.6. The Morgan fingerprint density at radius 1 is 0.789 bits per heavy atom. The molecule has 0 amide bonds. The summed E-state index contributed by atoms with van der Waals surface area (Å²) in [7, 11) is -10.6. The lowest BCUT2D eigenvalue weighted by Gasteiger charge is -2.41. The Morgan fingerprint density at radius 2 is 1.21 bits per heavy atom. The van der Waals surface area contributed by atoms with Crippen molar-refractivity contribution in [3.63, 3.8) is 0 Å². The third-order valence-corrected chi connectivity index (χ3v) is 3.65. The fraction of sp³-hybridized carbons (Fsp3) is 0.400. The lowest BCUT2D eigenvalue weighted by Crippen LogP contribution is -2.16. The molecule has 0 aromatic heterocycles. The smallest absolute Gasteiger partial charge is 0.205 e. The Kier molecular flexibility index (Phi) is 3.01. The first-order valence-corrected chi connectivity index (χ1v) is 6.94. The summed E-state index contributed by atoms with van der Waals surface area (Å²) in [5.74, 6) is -8.33. The van der Waals surface area contributed by atoms with Crippen LogP contribution in [0.5, 0.6) is 0 Å². The number of benzene rings is 1. The van der Waals surface area contributed by atoms with Gasteiger partial charge in [0.05, 0.1) is 0 Å². The number of rotatable bonds is 2. The van der Waals surface area contributed by atoms with Crippen LogP contribution in [-0.4, -0.2) is 0 Å². The Bertz CT molecular complexity index is 514. The van der Waals surface area contributed by atoms with Crippen molar-refractivity contribution < 1.29 is 32.6 Å². The monoisotopic (exact) mass is 314 g/mol. The molecule has 0 bridgehead atoms. The molecule has 1 aromatic rings. The molecule has 0 saturated heterocycles. The summed E-state index contributed by atoms with van der Waals surface area (Å²) < 4.78 is 103. The molecule has 0 aliphatic heterocycles. The van der Waals surface area contributed by atoms with E-state index in [2.05, 4.69) is 0 Å². The zero-order valence-corrected chi connectivity index (χ0v) is 10.8. The van der Waals surface area contributed by atoms with Gasteiger partial charge in [0.25, 0.3) is 0 Å². The van der Waals surface area contributed by atoms with Crippen molar-refractivity contribution in [3.8, 4) is 0 Å². The number of hydrogen-bond donors (Lipinski definition) is 0. The van der Waals surface area contributed by atoms with Gasteiger partial charge in [0.2, 0.25) is 0 Å². The highest BCUT2D eigenvalue weighted by atomic mass is 32.5. The maximum absolute atomic E-state index is 13.5. The first kappa shape index (κ1) is 16.1. The molecule has 0 heterocycles. The molecule has 1 aromatic carbocycles. The molecule has 1 rings (SSSR count). The summed E-state index contributed by atoms with van der Waals surface area (Å²) in [6.07, 6.45) is 0. The third kappa shape index (κ3) is 2.80. The van der Waals surface area contributed by atoms with Crippen LogP contribution in [0, 0.1) is 24.4 Å². The molecule has 19 heavy (non-hydrogen) atoms. The van der Waals surface area contributed by atoms with E-state index in [1.54, 1.807) is 0 Å². The predicted octanol–water partition coefficient (Wildman–Crippen LogP) is 6.19. The van der Waals surface area contributed by atoms with Gasteiger partial charge in [-0.3, -0.25) is 0 Å². The van der Waals surface area contributed by atoms with E-state index in [4.69, 9.17) is 0 Å². The zero-order valence-electron chi connectivity index (χ0n) is 10.0. The summed E-state index contributed by atoms with van der Waals surface area (Å²) >= 11 is 0. The van der Waals surface area contributed by atoms with Crippen LogP contribution in [0.25, 0.3) is 0 Å². The van der Waals surface area contributed by atoms with E-state index < -0.39 is 49.6 Å². The standard InChI is InChI=1S/C10H10F8S/c1-4(2)6-5(3)7(11)10(9(13)8(6)12)19(14,15,16,17)18/h4H,1-3H3. The molecule has 0 fully saturated rings. The van der Waals surface area contributed by atoms with Crippen LogP contribution >= 0.6 is 10.2 Å². The largest absolute Gasteiger partial charge is 0.316 e. The summed E-state index contributed by atoms with van der Waals surface area (Å²) in [6.45, 7) is 3.23. The maximum atomic E-state index is 13.5. The molecule has 9 heteroatoms. The molecule has 0 unspecified atom stereocenters. The minimum Gasteiger partial charge on any atom is -0.205 e. The Balaban J connectivity index is 3.95. The molecule has 0 aliphatic rings. The molecule has 0 spiro atoms. The van der Waals surface area contributed by atoms with Gasteiger partial charge in [-0.25, -0.2) is 13.2 Å². The number of hydrogen-bond acceptors (Lipinski definition) is 0. The van der Waals surface area contributed by atoms with Crippen LogP contribution in [0.1, 0.15) is 30.9 Å². The highest BCUT2D eigenvalue weighted by molar-refractivity contribution is 8.45. The van der Waals surface area contributed by atoms with E-state index in [1.165, 1.54) is 13.8 Å². The van der Waals surface area contributed by atoms with Crippen LogP contribution in [0.4, 0.5) is 32.6 Å². The van der Waals surface area contributed by atoms with Gasteiger partial charge in [-0.2, -0.15) is 0 Å². The molecule has 0 saturated carbocycles. The molecule has 0 nitrogen and oxygen atoms in total. The van der Waals surface area contributed by atoms with E-state index in [9.17, 15) is 32.6 Å². The first-order valence-electron chi connectivity index (χ1n) is 4.99. The second kappa shape index (κ2) is 3.56. The topological polar surface area (TPSA) is 0 Å². The van der Waals surface area contributed by atoms with E-state index >= 15 is 0 Å². The van der Waals surface area contributed by atoms with Gasteiger partial charge >= 0.3 is 10.2 Å². The Hall–Kier alpha value is -0.990. The zero-order chi connectivity index (χ0) is 15.4. The molecule has 0 radical (unpaired) electrons. The number of halogens is 8. The Morgan fingerprint density at radius 3 is 1.53 bits per heavy atom. The molecule has 0 atom stereocenters. The van der Waals surface area contributed by atoms with E-state index in [-0.39, 0.29) is 0 Å². The fourth-order valence-electron chi connectivity index (χ4n) is 1.79. The van der Waals surface area contributed by atoms with Crippen molar-refractivity contribution in [2.24, 2.45) is 0 Å². The minimum absolute atomic E-state index is 0.694. The first-order chi connectivity index (χ1) is 8.07. The highest BCUT2D eigenvalue weighted by Gasteiger charge is 2.69. The van der Waals surface area contributed by atoms with Crippen molar-refractivity contribution in [2.75, 3.05) is 0 Å². The fourth-order valence-corrected chi connectivity index (χ4v) is 2.71. The summed E-state index contributed by atoms with van der Waals surface area (Å²) in [5, 5.41) is 0. The Labute approximate surface area is 104 Å². The van der Waals surface area contributed by atoms with Crippen LogP contribution < -0.4 is 0 Å². The van der Waals surface area contributed by atoms with E-state index in [0.717, 1.165) is 0 Å². The highest BCUT2D eigenvalue weighted by Crippen LogP contribution is 3.02. The molecular formula is C10H10F8S. The predicted molar refractivity (Wildman–Crippen MR) is 56.5 cm³/mol. The second-order valence-electron chi connectivity index (χ2n) is 4.43. The van der Waals surface area contributed by atoms with Gasteiger partial charge in [0, 0.05) is 0 Å². The van der Waals surface area contributed by atoms with Crippen molar-refractivity contribution in [2.45, 2.75) is 31.6 Å². The van der Waals surface area contributed by atoms with Gasteiger partial charge in [-0.15, -0.1) is 0 Å². The normalized spacial score (nSPS) is 16.4. The van der Waals surface area contributed by atoms with Crippen LogP contribution in [0.2, 0.25) is 0 Å². The third-order valence-electron chi connectivity index (χ3n) is 2.52. The van der Waals surface area contributed by atoms with Gasteiger partial charge in [0.1, 0.15) is 0 Å². The molecule has 0 N–H and O–H groups in total. The molecule has 112 valence electrons. The van der Waals surface area contributed by atoms with Crippen LogP contribution in [-0.2, 0) is 0 Å². The average Bonchev–Trinajstić information content (AvgIpc) is 2.10. The van der Waals surface area contributed by atoms with Crippen LogP contribution in [0.3, 0.4) is 0 Å². The molecular weight excluding hydrogens is 304 g/mol.